The van der Waals surface area contributed by atoms with Crippen molar-refractivity contribution < 1.29 is 39.5 Å². The van der Waals surface area contributed by atoms with Crippen LogP contribution in [0.3, 0.4) is 0 Å². The molecule has 2 rings (SSSR count). The summed E-state index contributed by atoms with van der Waals surface area (Å²) >= 11 is 0. The molecule has 0 aliphatic carbocycles. The van der Waals surface area contributed by atoms with Crippen LogP contribution in [-0.2, 0) is 28.5 Å². The Hall–Kier alpha value is -1.22. The maximum Gasteiger partial charge on any atom is 0.417 e. The molecule has 0 aromatic carbocycles. The lowest BCUT2D eigenvalue weighted by molar-refractivity contribution is -0.168. The summed E-state index contributed by atoms with van der Waals surface area (Å²) in [7, 11) is 0. The zero-order valence-corrected chi connectivity index (χ0v) is 8.43. The van der Waals surface area contributed by atoms with E-state index in [-0.39, 0.29) is 36.4 Å². The van der Waals surface area contributed by atoms with Gasteiger partial charge in [-0.3, -0.25) is 0 Å². The fourth-order valence-electron chi connectivity index (χ4n) is 0.784. The Labute approximate surface area is 91.0 Å². The first kappa shape index (κ1) is 14.8. The highest BCUT2D eigenvalue weighted by Crippen LogP contribution is 2.10. The van der Waals surface area contributed by atoms with Crippen LogP contribution in [0.1, 0.15) is 0 Å². The molecule has 4 N–H and O–H groups in total. The monoisotopic (exact) mass is 238 g/mol. The highest BCUT2D eigenvalue weighted by atomic mass is 16.6. The Morgan fingerprint density at radius 3 is 1.50 bits per heavy atom. The van der Waals surface area contributed by atoms with Crippen LogP contribution in [0, 0.1) is 0 Å². The van der Waals surface area contributed by atoms with Crippen LogP contribution in [0.15, 0.2) is 0 Å². The van der Waals surface area contributed by atoms with Crippen molar-refractivity contribution in [2.24, 2.45) is 0 Å². The second kappa shape index (κ2) is 6.38. The molecule has 0 amide bonds. The molecule has 8 nitrogen and oxygen atoms in total. The number of carbonyl (C=O) groups is 2. The van der Waals surface area contributed by atoms with Crippen molar-refractivity contribution in [1.82, 2.24) is 0 Å². The first-order valence-corrected chi connectivity index (χ1v) is 4.33. The molecule has 2 saturated heterocycles. The Bertz CT molecular complexity index is 218. The van der Waals surface area contributed by atoms with Crippen molar-refractivity contribution in [2.75, 3.05) is 26.4 Å². The summed E-state index contributed by atoms with van der Waals surface area (Å²) in [5.74, 6) is -1.94. The van der Waals surface area contributed by atoms with E-state index in [0.29, 0.717) is 13.2 Å². The van der Waals surface area contributed by atoms with Gasteiger partial charge in [0.2, 0.25) is 0 Å². The SMILES string of the molecule is O.O.O=C(OCC1CO1)C(=O)OCC1CO1. The van der Waals surface area contributed by atoms with Gasteiger partial charge in [0, 0.05) is 0 Å². The average molecular weight is 238 g/mol. The third kappa shape index (κ3) is 5.03. The summed E-state index contributed by atoms with van der Waals surface area (Å²) < 4.78 is 18.8. The molecular weight excluding hydrogens is 224 g/mol. The molecule has 0 spiro atoms. The normalized spacial score (nSPS) is 24.5. The maximum absolute atomic E-state index is 10.9. The van der Waals surface area contributed by atoms with Crippen molar-refractivity contribution in [3.63, 3.8) is 0 Å². The lowest BCUT2D eigenvalue weighted by Crippen LogP contribution is -2.23. The van der Waals surface area contributed by atoms with E-state index in [2.05, 4.69) is 9.47 Å². The Morgan fingerprint density at radius 1 is 0.938 bits per heavy atom. The number of esters is 2. The van der Waals surface area contributed by atoms with Crippen LogP contribution < -0.4 is 0 Å². The molecule has 2 heterocycles. The van der Waals surface area contributed by atoms with Gasteiger partial charge in [-0.15, -0.1) is 0 Å². The van der Waals surface area contributed by atoms with Crippen molar-refractivity contribution in [3.05, 3.63) is 0 Å². The maximum atomic E-state index is 10.9. The van der Waals surface area contributed by atoms with Gasteiger partial charge in [-0.25, -0.2) is 9.59 Å². The number of hydrogen-bond acceptors (Lipinski definition) is 6. The van der Waals surface area contributed by atoms with Gasteiger partial charge < -0.3 is 29.9 Å². The van der Waals surface area contributed by atoms with Crippen LogP contribution in [0.2, 0.25) is 0 Å². The minimum absolute atomic E-state index is 0. The minimum Gasteiger partial charge on any atom is -0.454 e. The van der Waals surface area contributed by atoms with Gasteiger partial charge in [-0.2, -0.15) is 0 Å². The van der Waals surface area contributed by atoms with Gasteiger partial charge in [-0.05, 0) is 0 Å². The van der Waals surface area contributed by atoms with Crippen molar-refractivity contribution >= 4 is 11.9 Å². The predicted octanol–water partition coefficient (Wildman–Crippen LogP) is -2.78. The zero-order valence-electron chi connectivity index (χ0n) is 8.43. The number of ether oxygens (including phenoxy) is 4. The predicted molar refractivity (Wildman–Crippen MR) is 48.6 cm³/mol. The van der Waals surface area contributed by atoms with E-state index < -0.39 is 11.9 Å². The van der Waals surface area contributed by atoms with Gasteiger partial charge in [0.15, 0.2) is 0 Å². The molecule has 94 valence electrons. The third-order valence-corrected chi connectivity index (χ3v) is 1.77. The lowest BCUT2D eigenvalue weighted by Gasteiger charge is -2.02. The average Bonchev–Trinajstić information content (AvgIpc) is 3.02. The number of carbonyl (C=O) groups excluding carboxylic acids is 2. The van der Waals surface area contributed by atoms with Gasteiger partial charge in [0.1, 0.15) is 25.4 Å². The van der Waals surface area contributed by atoms with E-state index >= 15 is 0 Å². The number of hydrogen-bond donors (Lipinski definition) is 0. The van der Waals surface area contributed by atoms with Gasteiger partial charge >= 0.3 is 11.9 Å². The van der Waals surface area contributed by atoms with E-state index in [0.717, 1.165) is 0 Å². The smallest absolute Gasteiger partial charge is 0.417 e. The molecule has 0 aromatic rings. The van der Waals surface area contributed by atoms with E-state index in [1.54, 1.807) is 0 Å². The van der Waals surface area contributed by atoms with Gasteiger partial charge in [0.05, 0.1) is 13.2 Å². The second-order valence-corrected chi connectivity index (χ2v) is 3.11. The molecule has 2 atom stereocenters. The molecule has 2 unspecified atom stereocenters. The van der Waals surface area contributed by atoms with Crippen LogP contribution in [0.25, 0.3) is 0 Å². The minimum atomic E-state index is -0.971. The fourth-order valence-corrected chi connectivity index (χ4v) is 0.784. The standard InChI is InChI=1S/C8H10O6.2H2O/c9-7(13-3-5-1-11-5)8(10)14-4-6-2-12-6;;/h5-6H,1-4H2;2*1H2. The molecule has 8 heteroatoms. The van der Waals surface area contributed by atoms with Gasteiger partial charge in [-0.1, -0.05) is 0 Å². The number of epoxide rings is 2. The Balaban J connectivity index is 0.00000112. The van der Waals surface area contributed by atoms with Gasteiger partial charge in [0.25, 0.3) is 0 Å². The van der Waals surface area contributed by atoms with Crippen LogP contribution >= 0.6 is 0 Å². The lowest BCUT2D eigenvalue weighted by atomic mass is 10.5. The molecule has 0 bridgehead atoms. The first-order chi connectivity index (χ1) is 6.75. The van der Waals surface area contributed by atoms with Crippen molar-refractivity contribution in [2.45, 2.75) is 12.2 Å². The van der Waals surface area contributed by atoms with Crippen LogP contribution in [-0.4, -0.2) is 61.5 Å². The quantitative estimate of drug-likeness (QED) is 0.294. The molecule has 2 aliphatic rings. The summed E-state index contributed by atoms with van der Waals surface area (Å²) in [6, 6.07) is 0. The van der Waals surface area contributed by atoms with Crippen molar-refractivity contribution in [1.29, 1.82) is 0 Å². The first-order valence-electron chi connectivity index (χ1n) is 4.33. The molecule has 2 aliphatic heterocycles. The Kier molecular flexibility index (Phi) is 5.89. The summed E-state index contributed by atoms with van der Waals surface area (Å²) in [4.78, 5) is 21.8. The molecule has 16 heavy (non-hydrogen) atoms. The van der Waals surface area contributed by atoms with Crippen molar-refractivity contribution in [3.8, 4) is 0 Å². The largest absolute Gasteiger partial charge is 0.454 e. The summed E-state index contributed by atoms with van der Waals surface area (Å²) in [5.41, 5.74) is 0. The third-order valence-electron chi connectivity index (χ3n) is 1.77. The highest BCUT2D eigenvalue weighted by molar-refractivity contribution is 6.29. The molecule has 0 aromatic heterocycles. The summed E-state index contributed by atoms with van der Waals surface area (Å²) in [6.07, 6.45) is -0.0861. The molecular formula is C8H14O8. The van der Waals surface area contributed by atoms with Crippen LogP contribution in [0.4, 0.5) is 0 Å². The molecule has 2 fully saturated rings. The zero-order chi connectivity index (χ0) is 9.97. The Morgan fingerprint density at radius 2 is 1.25 bits per heavy atom. The summed E-state index contributed by atoms with van der Waals surface area (Å²) in [6.45, 7) is 1.40. The second-order valence-electron chi connectivity index (χ2n) is 3.11. The molecule has 0 radical (unpaired) electrons. The molecule has 0 saturated carbocycles. The van der Waals surface area contributed by atoms with E-state index in [4.69, 9.17) is 9.47 Å². The number of rotatable bonds is 4. The summed E-state index contributed by atoms with van der Waals surface area (Å²) in [5, 5.41) is 0. The topological polar surface area (TPSA) is 141 Å². The fraction of sp³-hybridized carbons (Fsp3) is 0.750. The van der Waals surface area contributed by atoms with Crippen LogP contribution in [0.5, 0.6) is 0 Å². The highest BCUT2D eigenvalue weighted by Gasteiger charge is 2.29. The van der Waals surface area contributed by atoms with E-state index in [1.807, 2.05) is 0 Å². The van der Waals surface area contributed by atoms with E-state index in [9.17, 15) is 9.59 Å². The van der Waals surface area contributed by atoms with E-state index in [1.165, 1.54) is 0 Å².